The van der Waals surface area contributed by atoms with Gasteiger partial charge in [-0.25, -0.2) is 9.59 Å². The molecule has 57 heavy (non-hydrogen) atoms. The summed E-state index contributed by atoms with van der Waals surface area (Å²) in [7, 11) is 0. The summed E-state index contributed by atoms with van der Waals surface area (Å²) in [5, 5.41) is 17.9. The van der Waals surface area contributed by atoms with Crippen molar-refractivity contribution in [1.29, 1.82) is 0 Å². The lowest BCUT2D eigenvalue weighted by Gasteiger charge is -2.23. The molecule has 1 atom stereocenters. The number of hydrogen-bond acceptors (Lipinski definition) is 13. The van der Waals surface area contributed by atoms with E-state index in [4.69, 9.17) is 9.47 Å². The lowest BCUT2D eigenvalue weighted by atomic mass is 10.1. The number of hydrogen-bond donors (Lipinski definition) is 7. The fraction of sp³-hybridized carbons (Fsp3) is 0.571. The van der Waals surface area contributed by atoms with Gasteiger partial charge in [0.1, 0.15) is 6.04 Å². The predicted molar refractivity (Wildman–Crippen MR) is 197 cm³/mol. The molecule has 11 amide bonds. The van der Waals surface area contributed by atoms with E-state index in [2.05, 4.69) is 37.2 Å². The zero-order chi connectivity index (χ0) is 42.2. The van der Waals surface area contributed by atoms with Crippen LogP contribution in [0.25, 0.3) is 0 Å². The fourth-order valence-corrected chi connectivity index (χ4v) is 5.21. The number of alkyl carbamates (subject to hydrolysis) is 2. The first-order chi connectivity index (χ1) is 27.2. The molecule has 0 fully saturated rings. The van der Waals surface area contributed by atoms with Gasteiger partial charge in [-0.15, -0.1) is 0 Å². The normalized spacial score (nSPS) is 13.7. The Morgan fingerprint density at radius 2 is 0.965 bits per heavy atom. The first kappa shape index (κ1) is 46.8. The SMILES string of the molecule is CCOC(=O)NCCCCC(NC(=O)OCC)C(=O)NC(CC(=O)NCCNC(=O)CCN1C(=O)C=CC1=O)CC(=O)NCCNC(=O)CCN1C(=O)C=CC1=O. The van der Waals surface area contributed by atoms with Crippen LogP contribution in [0, 0.1) is 0 Å². The summed E-state index contributed by atoms with van der Waals surface area (Å²) in [5.74, 6) is -4.94. The van der Waals surface area contributed by atoms with Gasteiger partial charge in [-0.3, -0.25) is 53.0 Å². The Morgan fingerprint density at radius 3 is 1.40 bits per heavy atom. The van der Waals surface area contributed by atoms with Gasteiger partial charge in [-0.1, -0.05) is 0 Å². The number of ether oxygens (including phenoxy) is 2. The molecule has 0 saturated carbocycles. The molecule has 0 aromatic carbocycles. The van der Waals surface area contributed by atoms with Gasteiger partial charge in [0, 0.05) is 102 Å². The number of unbranched alkanes of at least 4 members (excludes halogenated alkanes) is 1. The minimum atomic E-state index is -1.14. The molecule has 1 unspecified atom stereocenters. The Bertz CT molecular complexity index is 1450. The molecule has 22 nitrogen and oxygen atoms in total. The van der Waals surface area contributed by atoms with Crippen molar-refractivity contribution in [3.05, 3.63) is 24.3 Å². The molecule has 0 saturated heterocycles. The lowest BCUT2D eigenvalue weighted by molar-refractivity contribution is -0.139. The van der Waals surface area contributed by atoms with Gasteiger partial charge in [0.15, 0.2) is 0 Å². The molecule has 314 valence electrons. The maximum Gasteiger partial charge on any atom is 0.407 e. The summed E-state index contributed by atoms with van der Waals surface area (Å²) in [6, 6.07) is -2.23. The van der Waals surface area contributed by atoms with E-state index in [-0.39, 0.29) is 78.3 Å². The zero-order valence-electron chi connectivity index (χ0n) is 32.0. The van der Waals surface area contributed by atoms with Crippen molar-refractivity contribution >= 4 is 65.4 Å². The highest BCUT2D eigenvalue weighted by atomic mass is 16.6. The molecule has 22 heteroatoms. The van der Waals surface area contributed by atoms with E-state index in [0.717, 1.165) is 34.1 Å². The second kappa shape index (κ2) is 25.7. The number of nitrogens with one attached hydrogen (secondary N) is 7. The molecule has 0 bridgehead atoms. The van der Waals surface area contributed by atoms with E-state index in [1.165, 1.54) is 0 Å². The van der Waals surface area contributed by atoms with Crippen LogP contribution in [0.4, 0.5) is 9.59 Å². The second-order valence-electron chi connectivity index (χ2n) is 12.4. The Hall–Kier alpha value is -6.35. The van der Waals surface area contributed by atoms with Gasteiger partial charge in [0.2, 0.25) is 29.5 Å². The molecular weight excluding hydrogens is 754 g/mol. The minimum absolute atomic E-state index is 0.00790. The van der Waals surface area contributed by atoms with Crippen molar-refractivity contribution in [2.24, 2.45) is 0 Å². The van der Waals surface area contributed by atoms with Crippen LogP contribution in [0.15, 0.2) is 24.3 Å². The highest BCUT2D eigenvalue weighted by molar-refractivity contribution is 6.13. The summed E-state index contributed by atoms with van der Waals surface area (Å²) in [6.07, 6.45) is 2.75. The number of amides is 11. The maximum atomic E-state index is 13.5. The van der Waals surface area contributed by atoms with Crippen LogP contribution in [0.1, 0.15) is 58.8 Å². The summed E-state index contributed by atoms with van der Waals surface area (Å²) < 4.78 is 9.73. The van der Waals surface area contributed by atoms with Crippen LogP contribution in [0.2, 0.25) is 0 Å². The molecule has 0 aliphatic carbocycles. The maximum absolute atomic E-state index is 13.5. The summed E-state index contributed by atoms with van der Waals surface area (Å²) in [6.45, 7) is 3.37. The van der Waals surface area contributed by atoms with Gasteiger partial charge in [0.25, 0.3) is 23.6 Å². The van der Waals surface area contributed by atoms with Crippen molar-refractivity contribution in [1.82, 2.24) is 47.0 Å². The average Bonchev–Trinajstić information content (AvgIpc) is 3.66. The molecule has 0 radical (unpaired) electrons. The van der Waals surface area contributed by atoms with E-state index in [1.807, 2.05) is 0 Å². The van der Waals surface area contributed by atoms with Crippen LogP contribution in [0.3, 0.4) is 0 Å². The van der Waals surface area contributed by atoms with Gasteiger partial charge in [0.05, 0.1) is 13.2 Å². The van der Waals surface area contributed by atoms with Crippen molar-refractivity contribution in [3.8, 4) is 0 Å². The number of rotatable bonds is 26. The summed E-state index contributed by atoms with van der Waals surface area (Å²) >= 11 is 0. The van der Waals surface area contributed by atoms with Crippen molar-refractivity contribution in [2.45, 2.75) is 70.9 Å². The largest absolute Gasteiger partial charge is 0.450 e. The monoisotopic (exact) mass is 805 g/mol. The minimum Gasteiger partial charge on any atom is -0.450 e. The standard InChI is InChI=1S/C35H51N9O13/c1-3-56-34(54)40-14-6-5-7-24(42-35(55)57-4-2)33(53)41-23(21-27(47)38-17-15-36-25(45)12-19-43-29(49)8-9-30(43)50)22-28(48)39-18-16-37-26(46)13-20-44-31(51)10-11-32(44)52/h8-11,23-24H,3-7,12-22H2,1-2H3,(H,36,45)(H,37,46)(H,38,47)(H,39,48)(H,40,54)(H,41,53)(H,42,55). The van der Waals surface area contributed by atoms with Gasteiger partial charge in [-0.05, 0) is 33.1 Å². The highest BCUT2D eigenvalue weighted by Crippen LogP contribution is 2.07. The highest BCUT2D eigenvalue weighted by Gasteiger charge is 2.27. The Balaban J connectivity index is 1.94. The number of carbonyl (C=O) groups is 11. The van der Waals surface area contributed by atoms with Crippen LogP contribution in [-0.2, 0) is 52.6 Å². The topological polar surface area (TPSA) is 297 Å². The molecule has 0 aromatic heterocycles. The van der Waals surface area contributed by atoms with E-state index in [0.29, 0.717) is 12.8 Å². The van der Waals surface area contributed by atoms with Crippen molar-refractivity contribution in [3.63, 3.8) is 0 Å². The first-order valence-electron chi connectivity index (χ1n) is 18.5. The molecule has 0 aromatic rings. The number of carbonyl (C=O) groups excluding carboxylic acids is 11. The van der Waals surface area contributed by atoms with E-state index >= 15 is 0 Å². The Kier molecular flexibility index (Phi) is 21.1. The third kappa shape index (κ3) is 18.7. The summed E-state index contributed by atoms with van der Waals surface area (Å²) in [5.41, 5.74) is 0. The van der Waals surface area contributed by atoms with Gasteiger partial charge >= 0.3 is 12.2 Å². The van der Waals surface area contributed by atoms with Crippen molar-refractivity contribution < 1.29 is 62.2 Å². The van der Waals surface area contributed by atoms with Crippen molar-refractivity contribution in [2.75, 3.05) is 59.0 Å². The molecule has 7 N–H and O–H groups in total. The van der Waals surface area contributed by atoms with E-state index < -0.39 is 90.3 Å². The lowest BCUT2D eigenvalue weighted by Crippen LogP contribution is -2.51. The molecule has 2 heterocycles. The number of imide groups is 2. The zero-order valence-corrected chi connectivity index (χ0v) is 32.0. The second-order valence-corrected chi connectivity index (χ2v) is 12.4. The van der Waals surface area contributed by atoms with Crippen LogP contribution in [0.5, 0.6) is 0 Å². The third-order valence-electron chi connectivity index (χ3n) is 8.02. The molecule has 2 aliphatic rings. The van der Waals surface area contributed by atoms with Crippen LogP contribution >= 0.6 is 0 Å². The first-order valence-corrected chi connectivity index (χ1v) is 18.5. The van der Waals surface area contributed by atoms with Crippen LogP contribution in [-0.4, -0.2) is 146 Å². The van der Waals surface area contributed by atoms with Crippen LogP contribution < -0.4 is 37.2 Å². The van der Waals surface area contributed by atoms with E-state index in [1.54, 1.807) is 13.8 Å². The Morgan fingerprint density at radius 1 is 0.544 bits per heavy atom. The third-order valence-corrected chi connectivity index (χ3v) is 8.02. The fourth-order valence-electron chi connectivity index (χ4n) is 5.21. The van der Waals surface area contributed by atoms with Gasteiger partial charge < -0.3 is 46.7 Å². The summed E-state index contributed by atoms with van der Waals surface area (Å²) in [4.78, 5) is 136. The van der Waals surface area contributed by atoms with E-state index in [9.17, 15) is 52.7 Å². The molecule has 0 spiro atoms. The average molecular weight is 806 g/mol. The smallest absolute Gasteiger partial charge is 0.407 e. The quantitative estimate of drug-likeness (QED) is 0.0349. The number of nitrogens with zero attached hydrogens (tertiary/aromatic N) is 2. The predicted octanol–water partition coefficient (Wildman–Crippen LogP) is -2.62. The molecule has 2 rings (SSSR count). The van der Waals surface area contributed by atoms with Gasteiger partial charge in [-0.2, -0.15) is 0 Å². The Labute approximate surface area is 328 Å². The molecule has 2 aliphatic heterocycles. The molecular formula is C35H51N9O13.